The molecule has 4 nitrogen and oxygen atoms in total. The molecule has 0 amide bonds. The highest BCUT2D eigenvalue weighted by atomic mass is 16.1. The number of aromatic nitrogens is 3. The van der Waals surface area contributed by atoms with E-state index in [1.165, 1.54) is 11.1 Å². The zero-order valence-corrected chi connectivity index (χ0v) is 10.6. The van der Waals surface area contributed by atoms with Crippen LogP contribution in [0.1, 0.15) is 27.3 Å². The molecule has 0 unspecified atom stereocenters. The zero-order chi connectivity index (χ0) is 13.2. The van der Waals surface area contributed by atoms with Crippen molar-refractivity contribution < 1.29 is 4.79 Å². The third-order valence-electron chi connectivity index (χ3n) is 3.12. The molecule has 1 aromatic carbocycles. The molecule has 0 N–H and O–H groups in total. The Kier molecular flexibility index (Phi) is 2.83. The van der Waals surface area contributed by atoms with Gasteiger partial charge >= 0.3 is 0 Å². The first-order chi connectivity index (χ1) is 9.26. The fourth-order valence-corrected chi connectivity index (χ4v) is 2.04. The first-order valence-electron chi connectivity index (χ1n) is 6.10. The van der Waals surface area contributed by atoms with Crippen molar-refractivity contribution >= 4 is 11.9 Å². The minimum Gasteiger partial charge on any atom is -0.298 e. The summed E-state index contributed by atoms with van der Waals surface area (Å²) in [5.74, 6) is 0.872. The lowest BCUT2D eigenvalue weighted by atomic mass is 10.1. The monoisotopic (exact) mass is 251 g/mol. The first kappa shape index (κ1) is 11.6. The lowest BCUT2D eigenvalue weighted by molar-refractivity contribution is 0.112. The number of nitrogens with zero attached hydrogens (tertiary/aromatic N) is 3. The summed E-state index contributed by atoms with van der Waals surface area (Å²) in [4.78, 5) is 10.7. The van der Waals surface area contributed by atoms with Crippen molar-refractivity contribution in [3.05, 3.63) is 65.1 Å². The van der Waals surface area contributed by atoms with Crippen LogP contribution in [0.15, 0.2) is 42.6 Å². The molecule has 19 heavy (non-hydrogen) atoms. The van der Waals surface area contributed by atoms with Gasteiger partial charge in [-0.05, 0) is 24.6 Å². The molecular formula is C15H13N3O. The van der Waals surface area contributed by atoms with Crippen LogP contribution in [0.2, 0.25) is 0 Å². The van der Waals surface area contributed by atoms with Gasteiger partial charge in [0, 0.05) is 18.2 Å². The SMILES string of the molecule is Cc1ccc(Cc2nnc3cc(C=O)ccn23)cc1. The minimum absolute atomic E-state index is 0.613. The highest BCUT2D eigenvalue weighted by molar-refractivity contribution is 5.76. The van der Waals surface area contributed by atoms with Gasteiger partial charge in [-0.25, -0.2) is 0 Å². The molecule has 0 fully saturated rings. The molecule has 0 aliphatic rings. The van der Waals surface area contributed by atoms with E-state index in [0.717, 1.165) is 18.5 Å². The second kappa shape index (κ2) is 4.65. The van der Waals surface area contributed by atoms with Gasteiger partial charge in [-0.15, -0.1) is 10.2 Å². The number of rotatable bonds is 3. The minimum atomic E-state index is 0.613. The maximum Gasteiger partial charge on any atom is 0.161 e. The summed E-state index contributed by atoms with van der Waals surface area (Å²) < 4.78 is 1.91. The molecule has 0 aliphatic carbocycles. The van der Waals surface area contributed by atoms with Gasteiger partial charge in [0.25, 0.3) is 0 Å². The molecule has 0 spiro atoms. The van der Waals surface area contributed by atoms with E-state index in [9.17, 15) is 4.79 Å². The summed E-state index contributed by atoms with van der Waals surface area (Å²) in [5, 5.41) is 8.28. The Hall–Kier alpha value is -2.49. The summed E-state index contributed by atoms with van der Waals surface area (Å²) in [6.07, 6.45) is 3.37. The largest absolute Gasteiger partial charge is 0.298 e. The van der Waals surface area contributed by atoms with Crippen molar-refractivity contribution in [1.82, 2.24) is 14.6 Å². The van der Waals surface area contributed by atoms with E-state index in [4.69, 9.17) is 0 Å². The van der Waals surface area contributed by atoms with Gasteiger partial charge in [0.2, 0.25) is 0 Å². The van der Waals surface area contributed by atoms with E-state index in [0.29, 0.717) is 11.2 Å². The summed E-state index contributed by atoms with van der Waals surface area (Å²) >= 11 is 0. The van der Waals surface area contributed by atoms with Crippen molar-refractivity contribution in [3.63, 3.8) is 0 Å². The molecule has 2 aromatic heterocycles. The van der Waals surface area contributed by atoms with E-state index < -0.39 is 0 Å². The molecule has 0 bridgehead atoms. The highest BCUT2D eigenvalue weighted by Crippen LogP contribution is 2.11. The lowest BCUT2D eigenvalue weighted by Crippen LogP contribution is -1.96. The maximum absolute atomic E-state index is 10.7. The van der Waals surface area contributed by atoms with Gasteiger partial charge in [0.1, 0.15) is 12.1 Å². The number of carbonyl (C=O) groups is 1. The van der Waals surface area contributed by atoms with E-state index in [-0.39, 0.29) is 0 Å². The summed E-state index contributed by atoms with van der Waals surface area (Å²) in [7, 11) is 0. The van der Waals surface area contributed by atoms with Crippen LogP contribution in [-0.2, 0) is 6.42 Å². The summed E-state index contributed by atoms with van der Waals surface area (Å²) in [6.45, 7) is 2.07. The Morgan fingerprint density at radius 1 is 1.16 bits per heavy atom. The summed E-state index contributed by atoms with van der Waals surface area (Å²) in [5.41, 5.74) is 3.75. The van der Waals surface area contributed by atoms with Crippen LogP contribution < -0.4 is 0 Å². The van der Waals surface area contributed by atoms with Crippen molar-refractivity contribution in [2.45, 2.75) is 13.3 Å². The number of carbonyl (C=O) groups excluding carboxylic acids is 1. The standard InChI is InChI=1S/C15H13N3O/c1-11-2-4-12(5-3-11)8-14-16-17-15-9-13(10-19)6-7-18(14)15/h2-7,9-10H,8H2,1H3. The van der Waals surface area contributed by atoms with Crippen molar-refractivity contribution in [2.24, 2.45) is 0 Å². The van der Waals surface area contributed by atoms with Crippen LogP contribution >= 0.6 is 0 Å². The van der Waals surface area contributed by atoms with Gasteiger partial charge in [-0.2, -0.15) is 0 Å². The molecule has 0 radical (unpaired) electrons. The van der Waals surface area contributed by atoms with Gasteiger partial charge in [0.15, 0.2) is 5.65 Å². The smallest absolute Gasteiger partial charge is 0.161 e. The molecular weight excluding hydrogens is 238 g/mol. The van der Waals surface area contributed by atoms with Gasteiger partial charge < -0.3 is 0 Å². The topological polar surface area (TPSA) is 47.3 Å². The number of hydrogen-bond acceptors (Lipinski definition) is 3. The van der Waals surface area contributed by atoms with Crippen LogP contribution in [0, 0.1) is 6.92 Å². The molecule has 2 heterocycles. The number of hydrogen-bond donors (Lipinski definition) is 0. The quantitative estimate of drug-likeness (QED) is 0.672. The van der Waals surface area contributed by atoms with E-state index in [2.05, 4.69) is 41.4 Å². The van der Waals surface area contributed by atoms with Crippen molar-refractivity contribution in [1.29, 1.82) is 0 Å². The molecule has 94 valence electrons. The first-order valence-corrected chi connectivity index (χ1v) is 6.10. The van der Waals surface area contributed by atoms with Crippen molar-refractivity contribution in [2.75, 3.05) is 0 Å². The fourth-order valence-electron chi connectivity index (χ4n) is 2.04. The lowest BCUT2D eigenvalue weighted by Gasteiger charge is -2.01. The molecule has 0 saturated carbocycles. The Balaban J connectivity index is 1.97. The van der Waals surface area contributed by atoms with Gasteiger partial charge in [-0.3, -0.25) is 9.20 Å². The van der Waals surface area contributed by atoms with Gasteiger partial charge in [0.05, 0.1) is 0 Å². The Bertz CT molecular complexity index is 729. The summed E-state index contributed by atoms with van der Waals surface area (Å²) in [6, 6.07) is 11.9. The molecule has 0 atom stereocenters. The van der Waals surface area contributed by atoms with Crippen LogP contribution in [0.3, 0.4) is 0 Å². The number of aryl methyl sites for hydroxylation is 1. The predicted octanol–water partition coefficient (Wildman–Crippen LogP) is 2.44. The number of pyridine rings is 1. The third kappa shape index (κ3) is 2.25. The van der Waals surface area contributed by atoms with Crippen LogP contribution in [-0.4, -0.2) is 20.9 Å². The van der Waals surface area contributed by atoms with Crippen LogP contribution in [0.25, 0.3) is 5.65 Å². The highest BCUT2D eigenvalue weighted by Gasteiger charge is 2.06. The van der Waals surface area contributed by atoms with Crippen LogP contribution in [0.4, 0.5) is 0 Å². The Morgan fingerprint density at radius 3 is 2.68 bits per heavy atom. The number of aldehydes is 1. The average molecular weight is 251 g/mol. The number of fused-ring (bicyclic) bond motifs is 1. The molecule has 0 saturated heterocycles. The molecule has 3 rings (SSSR count). The fraction of sp³-hybridized carbons (Fsp3) is 0.133. The molecule has 3 aromatic rings. The van der Waals surface area contributed by atoms with Crippen LogP contribution in [0.5, 0.6) is 0 Å². The maximum atomic E-state index is 10.7. The van der Waals surface area contributed by atoms with E-state index in [1.807, 2.05) is 10.6 Å². The predicted molar refractivity (Wildman–Crippen MR) is 72.4 cm³/mol. The van der Waals surface area contributed by atoms with E-state index >= 15 is 0 Å². The van der Waals surface area contributed by atoms with Gasteiger partial charge in [-0.1, -0.05) is 29.8 Å². The second-order valence-corrected chi connectivity index (χ2v) is 4.58. The Morgan fingerprint density at radius 2 is 1.95 bits per heavy atom. The van der Waals surface area contributed by atoms with E-state index in [1.54, 1.807) is 12.1 Å². The molecule has 4 heteroatoms. The van der Waals surface area contributed by atoms with Crippen molar-refractivity contribution in [3.8, 4) is 0 Å². The zero-order valence-electron chi connectivity index (χ0n) is 10.6. The number of benzene rings is 1. The normalized spacial score (nSPS) is 10.8. The Labute approximate surface area is 110 Å². The molecule has 0 aliphatic heterocycles. The second-order valence-electron chi connectivity index (χ2n) is 4.58. The third-order valence-corrected chi connectivity index (χ3v) is 3.12. The average Bonchev–Trinajstić information content (AvgIpc) is 2.83.